The van der Waals surface area contributed by atoms with Crippen LogP contribution in [0.5, 0.6) is 0 Å². The molecule has 8 rings (SSSR count). The van der Waals surface area contributed by atoms with Crippen LogP contribution in [0.15, 0.2) is 151 Å². The molecule has 2 aliphatic rings. The fraction of sp³-hybridized carbons (Fsp3) is 0.452. The minimum atomic E-state index is 0.0914. The summed E-state index contributed by atoms with van der Waals surface area (Å²) in [5.74, 6) is 1.01. The molecule has 2 nitrogen and oxygen atoms in total. The normalized spacial score (nSPS) is 13.9. The Bertz CT molecular complexity index is 2710. The first-order valence-electron chi connectivity index (χ1n) is 30.4. The van der Waals surface area contributed by atoms with Gasteiger partial charge in [-0.3, -0.25) is 0 Å². The third-order valence-electron chi connectivity index (χ3n) is 17.0. The zero-order chi connectivity index (χ0) is 52.6. The lowest BCUT2D eigenvalue weighted by atomic mass is 9.68. The summed E-state index contributed by atoms with van der Waals surface area (Å²) < 4.78 is 0. The SMILES string of the molecule is CCCCCCCCC1(CCCCCCCC)C2=C(CCC(c3ccc(N(c4ccc(CCCC)cc4)c4ccc(N(c5ccc(CCCC)cc5)c5ccc(C(C)C)cc5)cc4)cc3)=C2)c2ccc(C(C)C)cc21. The van der Waals surface area contributed by atoms with Crippen molar-refractivity contribution in [1.29, 1.82) is 0 Å². The van der Waals surface area contributed by atoms with Gasteiger partial charge in [0.05, 0.1) is 0 Å². The van der Waals surface area contributed by atoms with E-state index in [1.165, 1.54) is 172 Å². The molecule has 0 aromatic heterocycles. The van der Waals surface area contributed by atoms with E-state index in [2.05, 4.69) is 211 Å². The molecule has 0 heterocycles. The number of rotatable bonds is 29. The molecule has 6 aromatic carbocycles. The lowest BCUT2D eigenvalue weighted by molar-refractivity contribution is 0.394. The van der Waals surface area contributed by atoms with Gasteiger partial charge in [-0.2, -0.15) is 0 Å². The zero-order valence-electron chi connectivity index (χ0n) is 48.0. The summed E-state index contributed by atoms with van der Waals surface area (Å²) in [4.78, 5) is 4.88. The third-order valence-corrected chi connectivity index (χ3v) is 17.0. The van der Waals surface area contributed by atoms with E-state index >= 15 is 0 Å². The van der Waals surface area contributed by atoms with Crippen molar-refractivity contribution in [2.24, 2.45) is 0 Å². The van der Waals surface area contributed by atoms with Gasteiger partial charge in [0.2, 0.25) is 0 Å². The van der Waals surface area contributed by atoms with E-state index in [9.17, 15) is 0 Å². The minimum absolute atomic E-state index is 0.0914. The van der Waals surface area contributed by atoms with Gasteiger partial charge in [0.25, 0.3) is 0 Å². The molecule has 0 radical (unpaired) electrons. The van der Waals surface area contributed by atoms with Crippen LogP contribution in [0, 0.1) is 0 Å². The monoisotopic (exact) mass is 999 g/mol. The Morgan fingerprint density at radius 2 is 0.787 bits per heavy atom. The molecule has 75 heavy (non-hydrogen) atoms. The van der Waals surface area contributed by atoms with E-state index in [1.54, 1.807) is 22.3 Å². The van der Waals surface area contributed by atoms with E-state index in [0.717, 1.165) is 37.1 Å². The zero-order valence-corrected chi connectivity index (χ0v) is 48.0. The molecule has 0 amide bonds. The van der Waals surface area contributed by atoms with Crippen molar-refractivity contribution in [2.45, 2.75) is 214 Å². The molecule has 2 heteroatoms. The molecule has 396 valence electrons. The van der Waals surface area contributed by atoms with Crippen LogP contribution in [0.1, 0.15) is 235 Å². The summed E-state index contributed by atoms with van der Waals surface area (Å²) in [5, 5.41) is 0. The summed E-state index contributed by atoms with van der Waals surface area (Å²) in [7, 11) is 0. The van der Waals surface area contributed by atoms with Gasteiger partial charge in [-0.15, -0.1) is 0 Å². The largest absolute Gasteiger partial charge is 0.311 e. The number of allylic oxidation sites excluding steroid dienone is 4. The molecular formula is C73H94N2. The second-order valence-corrected chi connectivity index (χ2v) is 23.2. The van der Waals surface area contributed by atoms with E-state index in [4.69, 9.17) is 0 Å². The smallest absolute Gasteiger partial charge is 0.0463 e. The van der Waals surface area contributed by atoms with Gasteiger partial charge in [0, 0.05) is 39.5 Å². The number of nitrogens with zero attached hydrogens (tertiary/aromatic N) is 2. The Hall–Kier alpha value is -5.60. The number of hydrogen-bond donors (Lipinski definition) is 0. The van der Waals surface area contributed by atoms with E-state index in [-0.39, 0.29) is 5.41 Å². The molecular weight excluding hydrogens is 905 g/mol. The summed E-state index contributed by atoms with van der Waals surface area (Å²) in [6.07, 6.45) is 30.6. The van der Waals surface area contributed by atoms with E-state index in [1.807, 2.05) is 0 Å². The Balaban J connectivity index is 1.14. The molecule has 0 saturated heterocycles. The number of anilines is 6. The van der Waals surface area contributed by atoms with Gasteiger partial charge >= 0.3 is 0 Å². The Morgan fingerprint density at radius 3 is 1.23 bits per heavy atom. The molecule has 0 N–H and O–H groups in total. The van der Waals surface area contributed by atoms with Gasteiger partial charge in [0.15, 0.2) is 0 Å². The van der Waals surface area contributed by atoms with Crippen molar-refractivity contribution in [1.82, 2.24) is 0 Å². The van der Waals surface area contributed by atoms with Crippen LogP contribution in [0.25, 0.3) is 11.1 Å². The summed E-state index contributed by atoms with van der Waals surface area (Å²) in [6, 6.07) is 54.4. The van der Waals surface area contributed by atoms with Crippen molar-refractivity contribution in [3.8, 4) is 0 Å². The molecule has 0 aliphatic heterocycles. The first-order chi connectivity index (χ1) is 36.7. The van der Waals surface area contributed by atoms with Crippen LogP contribution in [0.2, 0.25) is 0 Å². The van der Waals surface area contributed by atoms with Gasteiger partial charge in [-0.05, 0) is 192 Å². The number of unbranched alkanes of at least 4 members (excludes halogenated alkanes) is 12. The van der Waals surface area contributed by atoms with Gasteiger partial charge in [0.1, 0.15) is 0 Å². The standard InChI is InChI=1S/C73H94N2/c1-9-13-17-19-21-23-51-73(52-24-22-20-18-14-10-2)71-53-61(56(7)8)35-49-69(71)70-50-36-62(54-72(70)73)60-33-43-66(44-34-60)75(64-39-29-58(30-40-64)26-16-12-4)68-47-45-67(46-48-68)74(65-41-31-59(32-42-65)55(5)6)63-37-27-57(28-38-63)25-15-11-3/h27-35,37-49,53-56H,9-26,36,50-52H2,1-8H3. The second kappa shape index (κ2) is 27.4. The van der Waals surface area contributed by atoms with Crippen molar-refractivity contribution in [3.05, 3.63) is 190 Å². The predicted molar refractivity (Wildman–Crippen MR) is 329 cm³/mol. The highest BCUT2D eigenvalue weighted by atomic mass is 15.2. The highest BCUT2D eigenvalue weighted by Gasteiger charge is 2.44. The first kappa shape index (κ1) is 55.6. The average Bonchev–Trinajstić information content (AvgIpc) is 3.71. The number of benzene rings is 6. The Labute approximate surface area is 456 Å². The maximum atomic E-state index is 2.71. The maximum absolute atomic E-state index is 2.71. The quantitative estimate of drug-likeness (QED) is 0.0432. The molecule has 0 atom stereocenters. The van der Waals surface area contributed by atoms with E-state index < -0.39 is 0 Å². The molecule has 6 aromatic rings. The third kappa shape index (κ3) is 13.7. The van der Waals surface area contributed by atoms with Crippen molar-refractivity contribution in [3.63, 3.8) is 0 Å². The highest BCUT2D eigenvalue weighted by molar-refractivity contribution is 5.90. The van der Waals surface area contributed by atoms with Crippen molar-refractivity contribution < 1.29 is 0 Å². The van der Waals surface area contributed by atoms with Crippen LogP contribution in [0.4, 0.5) is 34.1 Å². The minimum Gasteiger partial charge on any atom is -0.311 e. The molecule has 0 fully saturated rings. The van der Waals surface area contributed by atoms with Gasteiger partial charge < -0.3 is 9.80 Å². The Kier molecular flexibility index (Phi) is 20.4. The van der Waals surface area contributed by atoms with E-state index in [0.29, 0.717) is 11.8 Å². The van der Waals surface area contributed by atoms with Crippen molar-refractivity contribution >= 4 is 45.3 Å². The van der Waals surface area contributed by atoms with Crippen LogP contribution < -0.4 is 9.80 Å². The summed E-state index contributed by atoms with van der Waals surface area (Å²) in [6.45, 7) is 18.5. The lowest BCUT2D eigenvalue weighted by Gasteiger charge is -2.35. The molecule has 0 spiro atoms. The maximum Gasteiger partial charge on any atom is 0.0463 e. The molecule has 0 bridgehead atoms. The number of aryl methyl sites for hydroxylation is 2. The van der Waals surface area contributed by atoms with Gasteiger partial charge in [-0.25, -0.2) is 0 Å². The highest BCUT2D eigenvalue weighted by Crippen LogP contribution is 2.57. The molecule has 2 aliphatic carbocycles. The fourth-order valence-electron chi connectivity index (χ4n) is 12.3. The summed E-state index contributed by atoms with van der Waals surface area (Å²) in [5.41, 5.74) is 22.2. The van der Waals surface area contributed by atoms with Crippen LogP contribution in [-0.4, -0.2) is 0 Å². The van der Waals surface area contributed by atoms with Crippen molar-refractivity contribution in [2.75, 3.05) is 9.80 Å². The Morgan fingerprint density at radius 1 is 0.400 bits per heavy atom. The number of fused-ring (bicyclic) bond motifs is 2. The average molecular weight is 1000 g/mol. The number of hydrogen-bond acceptors (Lipinski definition) is 2. The first-order valence-corrected chi connectivity index (χ1v) is 30.4. The van der Waals surface area contributed by atoms with Crippen LogP contribution >= 0.6 is 0 Å². The lowest BCUT2D eigenvalue weighted by Crippen LogP contribution is -2.27. The van der Waals surface area contributed by atoms with Crippen LogP contribution in [0.3, 0.4) is 0 Å². The van der Waals surface area contributed by atoms with Crippen LogP contribution in [-0.2, 0) is 18.3 Å². The molecule has 0 saturated carbocycles. The topological polar surface area (TPSA) is 6.48 Å². The second-order valence-electron chi connectivity index (χ2n) is 23.2. The predicted octanol–water partition coefficient (Wildman–Crippen LogP) is 22.9. The van der Waals surface area contributed by atoms with Gasteiger partial charge in [-0.1, -0.05) is 218 Å². The molecule has 0 unspecified atom stereocenters. The summed E-state index contributed by atoms with van der Waals surface area (Å²) >= 11 is 0. The fourth-order valence-corrected chi connectivity index (χ4v) is 12.3.